The molecule has 8 nitrogen and oxygen atoms in total. The minimum atomic E-state index is -0.127. The van der Waals surface area contributed by atoms with Gasteiger partial charge in [-0.05, 0) is 38.0 Å². The number of nitrogens with zero attached hydrogens (tertiary/aromatic N) is 1. The number of guanidine groups is 1. The molecule has 1 aromatic carbocycles. The Morgan fingerprint density at radius 1 is 1.27 bits per heavy atom. The molecule has 9 heteroatoms. The summed E-state index contributed by atoms with van der Waals surface area (Å²) in [7, 11) is 1.58. The van der Waals surface area contributed by atoms with Crippen molar-refractivity contribution in [3.05, 3.63) is 29.8 Å². The predicted molar refractivity (Wildman–Crippen MR) is 129 cm³/mol. The average Bonchev–Trinajstić information content (AvgIpc) is 3.26. The van der Waals surface area contributed by atoms with Gasteiger partial charge < -0.3 is 30.2 Å². The Bertz CT molecular complexity index is 639. The monoisotopic (exact) mass is 534 g/mol. The van der Waals surface area contributed by atoms with Gasteiger partial charge in [0, 0.05) is 50.9 Å². The lowest BCUT2D eigenvalue weighted by molar-refractivity contribution is 0.0893. The Morgan fingerprint density at radius 3 is 2.83 bits per heavy atom. The molecule has 1 unspecified atom stereocenters. The van der Waals surface area contributed by atoms with E-state index in [2.05, 4.69) is 20.9 Å². The second-order valence-electron chi connectivity index (χ2n) is 6.83. The van der Waals surface area contributed by atoms with Crippen molar-refractivity contribution < 1.29 is 19.0 Å². The number of amides is 1. The molecule has 3 N–H and O–H groups in total. The molecule has 1 saturated heterocycles. The predicted octanol–water partition coefficient (Wildman–Crippen LogP) is 2.04. The molecule has 0 bridgehead atoms. The fraction of sp³-hybridized carbons (Fsp3) is 0.619. The molecule has 1 heterocycles. The van der Waals surface area contributed by atoms with Crippen molar-refractivity contribution in [2.75, 3.05) is 59.7 Å². The number of benzene rings is 1. The molecule has 30 heavy (non-hydrogen) atoms. The fourth-order valence-electron chi connectivity index (χ4n) is 2.89. The smallest absolute Gasteiger partial charge is 0.251 e. The third-order valence-electron chi connectivity index (χ3n) is 4.47. The molecular formula is C21H35IN4O4. The summed E-state index contributed by atoms with van der Waals surface area (Å²) in [5.41, 5.74) is 0.578. The van der Waals surface area contributed by atoms with Crippen molar-refractivity contribution in [1.29, 1.82) is 0 Å². The molecule has 0 spiro atoms. The zero-order valence-electron chi connectivity index (χ0n) is 17.9. The minimum Gasteiger partial charge on any atom is -0.497 e. The van der Waals surface area contributed by atoms with Crippen LogP contribution in [-0.2, 0) is 9.47 Å². The first-order valence-electron chi connectivity index (χ1n) is 10.3. The second-order valence-corrected chi connectivity index (χ2v) is 6.83. The average molecular weight is 534 g/mol. The Hall–Kier alpha value is -1.59. The summed E-state index contributed by atoms with van der Waals surface area (Å²) in [6.07, 6.45) is 1.97. The van der Waals surface area contributed by atoms with Crippen LogP contribution in [0.15, 0.2) is 29.3 Å². The maximum atomic E-state index is 12.2. The maximum Gasteiger partial charge on any atom is 0.251 e. The van der Waals surface area contributed by atoms with Crippen molar-refractivity contribution in [3.8, 4) is 5.75 Å². The molecule has 0 aliphatic carbocycles. The number of hydrogen-bond acceptors (Lipinski definition) is 5. The minimum absolute atomic E-state index is 0. The van der Waals surface area contributed by atoms with Crippen molar-refractivity contribution in [2.24, 2.45) is 10.9 Å². The van der Waals surface area contributed by atoms with Crippen LogP contribution >= 0.6 is 24.0 Å². The summed E-state index contributed by atoms with van der Waals surface area (Å²) in [4.78, 5) is 16.7. The molecule has 0 aromatic heterocycles. The number of aliphatic imine (C=N–C) groups is 1. The van der Waals surface area contributed by atoms with E-state index in [0.29, 0.717) is 43.5 Å². The van der Waals surface area contributed by atoms with Crippen LogP contribution in [0, 0.1) is 5.92 Å². The van der Waals surface area contributed by atoms with Crippen molar-refractivity contribution in [1.82, 2.24) is 16.0 Å². The van der Waals surface area contributed by atoms with E-state index in [1.165, 1.54) is 0 Å². The largest absolute Gasteiger partial charge is 0.497 e. The van der Waals surface area contributed by atoms with Gasteiger partial charge in [-0.15, -0.1) is 24.0 Å². The number of hydrogen-bond donors (Lipinski definition) is 3. The van der Waals surface area contributed by atoms with E-state index in [1.807, 2.05) is 13.0 Å². The van der Waals surface area contributed by atoms with Crippen LogP contribution in [-0.4, -0.2) is 71.6 Å². The van der Waals surface area contributed by atoms with E-state index in [4.69, 9.17) is 14.2 Å². The summed E-state index contributed by atoms with van der Waals surface area (Å²) in [6.45, 7) is 7.72. The van der Waals surface area contributed by atoms with Crippen LogP contribution in [0.1, 0.15) is 30.1 Å². The third kappa shape index (κ3) is 10.4. The van der Waals surface area contributed by atoms with Crippen LogP contribution in [0.4, 0.5) is 0 Å². The van der Waals surface area contributed by atoms with Crippen molar-refractivity contribution >= 4 is 35.8 Å². The Balaban J connectivity index is 0.00000450. The van der Waals surface area contributed by atoms with Crippen LogP contribution in [0.2, 0.25) is 0 Å². The van der Waals surface area contributed by atoms with Gasteiger partial charge in [0.2, 0.25) is 0 Å². The van der Waals surface area contributed by atoms with Gasteiger partial charge >= 0.3 is 0 Å². The summed E-state index contributed by atoms with van der Waals surface area (Å²) in [5, 5.41) is 9.32. The van der Waals surface area contributed by atoms with Crippen molar-refractivity contribution in [3.63, 3.8) is 0 Å². The SMILES string of the molecule is CCNC(=NCCCOCC1CCOC1)NCCNC(=O)c1cccc(OC)c1.I. The van der Waals surface area contributed by atoms with Gasteiger partial charge in [0.1, 0.15) is 5.75 Å². The molecule has 1 aliphatic rings. The fourth-order valence-corrected chi connectivity index (χ4v) is 2.89. The highest BCUT2D eigenvalue weighted by molar-refractivity contribution is 14.0. The molecule has 2 rings (SSSR count). The van der Waals surface area contributed by atoms with E-state index in [1.54, 1.807) is 25.3 Å². The number of carbonyl (C=O) groups excluding carboxylic acids is 1. The van der Waals surface area contributed by atoms with Crippen molar-refractivity contribution in [2.45, 2.75) is 19.8 Å². The number of carbonyl (C=O) groups is 1. The molecule has 170 valence electrons. The van der Waals surface area contributed by atoms with Crippen LogP contribution in [0.3, 0.4) is 0 Å². The van der Waals surface area contributed by atoms with Gasteiger partial charge in [-0.1, -0.05) is 6.07 Å². The quantitative estimate of drug-likeness (QED) is 0.165. The first-order valence-corrected chi connectivity index (χ1v) is 10.3. The Kier molecular flexibility index (Phi) is 14.2. The molecule has 1 atom stereocenters. The summed E-state index contributed by atoms with van der Waals surface area (Å²) >= 11 is 0. The van der Waals surface area contributed by atoms with Gasteiger partial charge in [0.05, 0.1) is 20.3 Å². The molecular weight excluding hydrogens is 499 g/mol. The first kappa shape index (κ1) is 26.4. The topological polar surface area (TPSA) is 93.2 Å². The van der Waals surface area contributed by atoms with Crippen LogP contribution in [0.5, 0.6) is 5.75 Å². The van der Waals surface area contributed by atoms with Crippen LogP contribution < -0.4 is 20.7 Å². The number of halogens is 1. The highest BCUT2D eigenvalue weighted by atomic mass is 127. The highest BCUT2D eigenvalue weighted by Crippen LogP contribution is 2.12. The maximum absolute atomic E-state index is 12.2. The zero-order valence-corrected chi connectivity index (χ0v) is 20.3. The number of rotatable bonds is 12. The van der Waals surface area contributed by atoms with E-state index in [0.717, 1.165) is 45.2 Å². The molecule has 0 radical (unpaired) electrons. The summed E-state index contributed by atoms with van der Waals surface area (Å²) in [5.74, 6) is 1.83. The zero-order chi connectivity index (χ0) is 20.7. The second kappa shape index (κ2) is 16.1. The van der Waals surface area contributed by atoms with E-state index in [9.17, 15) is 4.79 Å². The third-order valence-corrected chi connectivity index (χ3v) is 4.47. The first-order chi connectivity index (χ1) is 14.2. The number of nitrogens with one attached hydrogen (secondary N) is 3. The summed E-state index contributed by atoms with van der Waals surface area (Å²) < 4.78 is 16.2. The van der Waals surface area contributed by atoms with Gasteiger partial charge in [0.15, 0.2) is 5.96 Å². The Labute approximate surface area is 196 Å². The van der Waals surface area contributed by atoms with Gasteiger partial charge in [0.25, 0.3) is 5.91 Å². The lowest BCUT2D eigenvalue weighted by atomic mass is 10.1. The molecule has 1 aliphatic heterocycles. The summed E-state index contributed by atoms with van der Waals surface area (Å²) in [6, 6.07) is 7.09. The lowest BCUT2D eigenvalue weighted by Gasteiger charge is -2.12. The Morgan fingerprint density at radius 2 is 2.10 bits per heavy atom. The molecule has 1 fully saturated rings. The van der Waals surface area contributed by atoms with Crippen LogP contribution in [0.25, 0.3) is 0 Å². The number of ether oxygens (including phenoxy) is 3. The van der Waals surface area contributed by atoms with Gasteiger partial charge in [-0.25, -0.2) is 0 Å². The lowest BCUT2D eigenvalue weighted by Crippen LogP contribution is -2.41. The molecule has 1 amide bonds. The van der Waals surface area contributed by atoms with Gasteiger partial charge in [-0.3, -0.25) is 9.79 Å². The molecule has 1 aromatic rings. The number of methoxy groups -OCH3 is 1. The highest BCUT2D eigenvalue weighted by Gasteiger charge is 2.15. The van der Waals surface area contributed by atoms with E-state index in [-0.39, 0.29) is 29.9 Å². The molecule has 0 saturated carbocycles. The van der Waals surface area contributed by atoms with Gasteiger partial charge in [-0.2, -0.15) is 0 Å². The van der Waals surface area contributed by atoms with E-state index < -0.39 is 0 Å². The standard InChI is InChI=1S/C21H34N4O4.HI/c1-3-22-21(24-9-5-12-28-15-17-8-13-29-16-17)25-11-10-23-20(26)18-6-4-7-19(14-18)27-2;/h4,6-7,14,17H,3,5,8-13,15-16H2,1-2H3,(H,23,26)(H2,22,24,25);1H. The van der Waals surface area contributed by atoms with E-state index >= 15 is 0 Å². The normalized spacial score (nSPS) is 15.9.